The van der Waals surface area contributed by atoms with E-state index in [1.54, 1.807) is 0 Å². The third-order valence-corrected chi connectivity index (χ3v) is 5.17. The zero-order valence-electron chi connectivity index (χ0n) is 12.2. The predicted octanol–water partition coefficient (Wildman–Crippen LogP) is 5.71. The van der Waals surface area contributed by atoms with E-state index >= 15 is 0 Å². The number of anilines is 1. The number of rotatable bonds is 8. The molecule has 2 rings (SSSR count). The summed E-state index contributed by atoms with van der Waals surface area (Å²) in [5.74, 6) is 0. The highest BCUT2D eigenvalue weighted by Crippen LogP contribution is 2.34. The Bertz CT molecular complexity index is 341. The van der Waals surface area contributed by atoms with Gasteiger partial charge in [-0.15, -0.1) is 11.8 Å². The van der Waals surface area contributed by atoms with Gasteiger partial charge in [-0.2, -0.15) is 0 Å². The summed E-state index contributed by atoms with van der Waals surface area (Å²) in [5.41, 5.74) is 1.27. The lowest BCUT2D eigenvalue weighted by Gasteiger charge is -2.10. The van der Waals surface area contributed by atoms with E-state index < -0.39 is 0 Å². The van der Waals surface area contributed by atoms with Crippen molar-refractivity contribution in [2.75, 3.05) is 11.9 Å². The quantitative estimate of drug-likeness (QED) is 0.610. The molecule has 0 radical (unpaired) electrons. The van der Waals surface area contributed by atoms with Crippen LogP contribution in [-0.4, -0.2) is 11.8 Å². The number of hydrogen-bond donors (Lipinski definition) is 1. The molecule has 0 atom stereocenters. The molecule has 0 bridgehead atoms. The Kier molecular flexibility index (Phi) is 6.63. The van der Waals surface area contributed by atoms with E-state index in [-0.39, 0.29) is 0 Å². The summed E-state index contributed by atoms with van der Waals surface area (Å²) in [6.45, 7) is 3.36. The molecule has 0 saturated heterocycles. The van der Waals surface area contributed by atoms with Crippen molar-refractivity contribution in [2.45, 2.75) is 68.4 Å². The van der Waals surface area contributed by atoms with Gasteiger partial charge < -0.3 is 5.32 Å². The normalized spacial score (nSPS) is 15.8. The van der Waals surface area contributed by atoms with E-state index in [1.165, 1.54) is 61.9 Å². The largest absolute Gasteiger partial charge is 0.385 e. The van der Waals surface area contributed by atoms with Gasteiger partial charge in [-0.05, 0) is 43.5 Å². The molecule has 1 nitrogen and oxygen atoms in total. The fourth-order valence-corrected chi connectivity index (χ4v) is 3.88. The van der Waals surface area contributed by atoms with Crippen molar-refractivity contribution in [3.8, 4) is 0 Å². The van der Waals surface area contributed by atoms with E-state index in [1.807, 2.05) is 0 Å². The molecule has 2 heteroatoms. The van der Waals surface area contributed by atoms with E-state index in [4.69, 9.17) is 0 Å². The maximum atomic E-state index is 3.52. The first-order valence-corrected chi connectivity index (χ1v) is 8.77. The van der Waals surface area contributed by atoms with Crippen LogP contribution in [0.15, 0.2) is 29.2 Å². The van der Waals surface area contributed by atoms with Crippen molar-refractivity contribution in [1.29, 1.82) is 0 Å². The molecule has 1 N–H and O–H groups in total. The Labute approximate surface area is 122 Å². The lowest BCUT2D eigenvalue weighted by molar-refractivity contribution is 0.685. The van der Waals surface area contributed by atoms with E-state index in [0.29, 0.717) is 0 Å². The van der Waals surface area contributed by atoms with Crippen LogP contribution >= 0.6 is 11.8 Å². The minimum absolute atomic E-state index is 0.868. The zero-order valence-corrected chi connectivity index (χ0v) is 13.0. The number of thioether (sulfide) groups is 1. The van der Waals surface area contributed by atoms with Gasteiger partial charge in [-0.25, -0.2) is 0 Å². The van der Waals surface area contributed by atoms with Crippen LogP contribution in [0.1, 0.15) is 58.3 Å². The molecular formula is C17H27NS. The van der Waals surface area contributed by atoms with Crippen molar-refractivity contribution in [1.82, 2.24) is 0 Å². The maximum Gasteiger partial charge on any atom is 0.0340 e. The molecule has 1 aliphatic rings. The average molecular weight is 277 g/mol. The van der Waals surface area contributed by atoms with Crippen LogP contribution in [0.4, 0.5) is 5.69 Å². The topological polar surface area (TPSA) is 12.0 Å². The van der Waals surface area contributed by atoms with E-state index in [0.717, 1.165) is 11.8 Å². The first kappa shape index (κ1) is 14.8. The summed E-state index contributed by atoms with van der Waals surface area (Å²) in [6, 6.07) is 9.02. The summed E-state index contributed by atoms with van der Waals surface area (Å²) < 4.78 is 0. The molecule has 0 aromatic heterocycles. The maximum absolute atomic E-state index is 3.52. The highest BCUT2D eigenvalue weighted by atomic mass is 32.2. The molecule has 0 spiro atoms. The van der Waals surface area contributed by atoms with Crippen molar-refractivity contribution in [3.05, 3.63) is 24.3 Å². The Morgan fingerprint density at radius 2 is 1.79 bits per heavy atom. The van der Waals surface area contributed by atoms with Crippen LogP contribution < -0.4 is 5.32 Å². The minimum atomic E-state index is 0.868. The third-order valence-electron chi connectivity index (χ3n) is 3.82. The monoisotopic (exact) mass is 277 g/mol. The van der Waals surface area contributed by atoms with Gasteiger partial charge in [-0.3, -0.25) is 0 Å². The van der Waals surface area contributed by atoms with Crippen molar-refractivity contribution in [3.63, 3.8) is 0 Å². The number of hydrogen-bond acceptors (Lipinski definition) is 2. The minimum Gasteiger partial charge on any atom is -0.385 e. The molecule has 1 aromatic rings. The molecule has 1 fully saturated rings. The average Bonchev–Trinajstić information content (AvgIpc) is 2.93. The molecule has 0 unspecified atom stereocenters. The van der Waals surface area contributed by atoms with Gasteiger partial charge in [0.05, 0.1) is 0 Å². The van der Waals surface area contributed by atoms with Gasteiger partial charge in [0.1, 0.15) is 0 Å². The second kappa shape index (κ2) is 8.52. The van der Waals surface area contributed by atoms with E-state index in [2.05, 4.69) is 48.3 Å². The highest BCUT2D eigenvalue weighted by molar-refractivity contribution is 8.00. The molecule has 1 aromatic carbocycles. The summed E-state index contributed by atoms with van der Waals surface area (Å²) in [5, 5.41) is 4.38. The summed E-state index contributed by atoms with van der Waals surface area (Å²) >= 11 is 2.07. The summed E-state index contributed by atoms with van der Waals surface area (Å²) in [6.07, 6.45) is 11.0. The van der Waals surface area contributed by atoms with Gasteiger partial charge in [0.2, 0.25) is 0 Å². The molecular weight excluding hydrogens is 250 g/mol. The number of benzene rings is 1. The van der Waals surface area contributed by atoms with Crippen LogP contribution in [0.5, 0.6) is 0 Å². The lowest BCUT2D eigenvalue weighted by atomic mass is 10.2. The van der Waals surface area contributed by atoms with Gasteiger partial charge in [-0.1, -0.05) is 39.0 Å². The first-order chi connectivity index (χ1) is 9.38. The molecule has 0 heterocycles. The van der Waals surface area contributed by atoms with Gasteiger partial charge in [0.25, 0.3) is 0 Å². The summed E-state index contributed by atoms with van der Waals surface area (Å²) in [4.78, 5) is 1.43. The van der Waals surface area contributed by atoms with Crippen molar-refractivity contribution < 1.29 is 0 Å². The van der Waals surface area contributed by atoms with Crippen molar-refractivity contribution in [2.24, 2.45) is 0 Å². The first-order valence-electron chi connectivity index (χ1n) is 7.89. The lowest BCUT2D eigenvalue weighted by Crippen LogP contribution is -2.01. The van der Waals surface area contributed by atoms with Crippen LogP contribution in [0.2, 0.25) is 0 Å². The Hall–Kier alpha value is -0.630. The van der Waals surface area contributed by atoms with Crippen molar-refractivity contribution >= 4 is 17.4 Å². The van der Waals surface area contributed by atoms with Gasteiger partial charge in [0, 0.05) is 22.4 Å². The second-order valence-electron chi connectivity index (χ2n) is 5.54. The number of unbranched alkanes of at least 4 members (excludes halogenated alkanes) is 3. The highest BCUT2D eigenvalue weighted by Gasteiger charge is 2.15. The van der Waals surface area contributed by atoms with E-state index in [9.17, 15) is 0 Å². The summed E-state index contributed by atoms with van der Waals surface area (Å²) in [7, 11) is 0. The van der Waals surface area contributed by atoms with Gasteiger partial charge >= 0.3 is 0 Å². The molecule has 1 aliphatic carbocycles. The smallest absolute Gasteiger partial charge is 0.0340 e. The van der Waals surface area contributed by atoms with Crippen LogP contribution in [0, 0.1) is 0 Å². The second-order valence-corrected chi connectivity index (χ2v) is 6.91. The number of nitrogens with one attached hydrogen (secondary N) is 1. The molecule has 106 valence electrons. The molecule has 1 saturated carbocycles. The molecule has 0 amide bonds. The van der Waals surface area contributed by atoms with Crippen LogP contribution in [-0.2, 0) is 0 Å². The van der Waals surface area contributed by atoms with Crippen LogP contribution in [0.3, 0.4) is 0 Å². The Morgan fingerprint density at radius 1 is 1.05 bits per heavy atom. The standard InChI is InChI=1S/C17H27NS/c1-2-3-4-7-14-18-15-10-12-17(13-11-15)19-16-8-5-6-9-16/h10-13,16,18H,2-9,14H2,1H3. The molecule has 19 heavy (non-hydrogen) atoms. The Morgan fingerprint density at radius 3 is 2.47 bits per heavy atom. The van der Waals surface area contributed by atoms with Crippen LogP contribution in [0.25, 0.3) is 0 Å². The third kappa shape index (κ3) is 5.48. The molecule has 0 aliphatic heterocycles. The SMILES string of the molecule is CCCCCCNc1ccc(SC2CCCC2)cc1. The fourth-order valence-electron chi connectivity index (χ4n) is 2.63. The predicted molar refractivity (Wildman–Crippen MR) is 87.2 cm³/mol. The fraction of sp³-hybridized carbons (Fsp3) is 0.647. The zero-order chi connectivity index (χ0) is 13.3. The van der Waals surface area contributed by atoms with Gasteiger partial charge in [0.15, 0.2) is 0 Å². The Balaban J connectivity index is 1.68.